The molecule has 1 atom stereocenters. The largest absolute Gasteiger partial charge is 0.497 e. The standard InChI is InChI=1S/C15H20O3/c1-18-13-8-6-12(7-9-13)14(15(16)17)10-11-4-2-3-5-11/h6-9,11,14H,2-5,10H2,1H3,(H,16,17). The van der Waals surface area contributed by atoms with Gasteiger partial charge in [0.15, 0.2) is 0 Å². The molecular weight excluding hydrogens is 228 g/mol. The van der Waals surface area contributed by atoms with Gasteiger partial charge >= 0.3 is 5.97 Å². The highest BCUT2D eigenvalue weighted by atomic mass is 16.5. The molecule has 98 valence electrons. The Balaban J connectivity index is 2.10. The normalized spacial score (nSPS) is 17.6. The molecule has 1 fully saturated rings. The van der Waals surface area contributed by atoms with Gasteiger partial charge in [0.25, 0.3) is 0 Å². The fraction of sp³-hybridized carbons (Fsp3) is 0.533. The summed E-state index contributed by atoms with van der Waals surface area (Å²) in [5.74, 6) is 0.253. The zero-order chi connectivity index (χ0) is 13.0. The van der Waals surface area contributed by atoms with Gasteiger partial charge in [0, 0.05) is 0 Å². The van der Waals surface area contributed by atoms with Crippen LogP contribution in [0.25, 0.3) is 0 Å². The van der Waals surface area contributed by atoms with Gasteiger partial charge in [0.1, 0.15) is 5.75 Å². The van der Waals surface area contributed by atoms with Crippen molar-refractivity contribution in [3.05, 3.63) is 29.8 Å². The lowest BCUT2D eigenvalue weighted by atomic mass is 9.88. The van der Waals surface area contributed by atoms with E-state index in [0.29, 0.717) is 5.92 Å². The molecule has 1 aliphatic rings. The Morgan fingerprint density at radius 3 is 2.44 bits per heavy atom. The second-order valence-electron chi connectivity index (χ2n) is 5.05. The molecular formula is C15H20O3. The summed E-state index contributed by atoms with van der Waals surface area (Å²) in [6, 6.07) is 7.40. The molecule has 1 unspecified atom stereocenters. The second kappa shape index (κ2) is 5.89. The fourth-order valence-corrected chi connectivity index (χ4v) is 2.80. The molecule has 0 saturated heterocycles. The lowest BCUT2D eigenvalue weighted by molar-refractivity contribution is -0.139. The minimum atomic E-state index is -0.716. The highest BCUT2D eigenvalue weighted by molar-refractivity contribution is 5.76. The smallest absolute Gasteiger partial charge is 0.310 e. The van der Waals surface area contributed by atoms with E-state index < -0.39 is 5.97 Å². The van der Waals surface area contributed by atoms with Crippen LogP contribution in [0.2, 0.25) is 0 Å². The van der Waals surface area contributed by atoms with Gasteiger partial charge in [-0.25, -0.2) is 0 Å². The van der Waals surface area contributed by atoms with Crippen LogP contribution in [0.5, 0.6) is 5.75 Å². The molecule has 0 radical (unpaired) electrons. The summed E-state index contributed by atoms with van der Waals surface area (Å²) in [5, 5.41) is 9.38. The average Bonchev–Trinajstić information content (AvgIpc) is 2.89. The SMILES string of the molecule is COc1ccc(C(CC2CCCC2)C(=O)O)cc1. The van der Waals surface area contributed by atoms with Crippen LogP contribution in [0.3, 0.4) is 0 Å². The van der Waals surface area contributed by atoms with E-state index in [0.717, 1.165) is 17.7 Å². The van der Waals surface area contributed by atoms with Gasteiger partial charge in [0.05, 0.1) is 13.0 Å². The molecule has 1 aromatic carbocycles. The van der Waals surface area contributed by atoms with Crippen molar-refractivity contribution < 1.29 is 14.6 Å². The molecule has 0 heterocycles. The van der Waals surface area contributed by atoms with E-state index in [-0.39, 0.29) is 5.92 Å². The van der Waals surface area contributed by atoms with Crippen LogP contribution in [0, 0.1) is 5.92 Å². The quantitative estimate of drug-likeness (QED) is 0.868. The lowest BCUT2D eigenvalue weighted by Gasteiger charge is -2.17. The Labute approximate surface area is 108 Å². The number of ether oxygens (including phenoxy) is 1. The Hall–Kier alpha value is -1.51. The molecule has 3 heteroatoms. The van der Waals surface area contributed by atoms with Crippen LogP contribution >= 0.6 is 0 Å². The summed E-state index contributed by atoms with van der Waals surface area (Å²) in [6.07, 6.45) is 5.63. The van der Waals surface area contributed by atoms with Crippen LogP contribution < -0.4 is 4.74 Å². The maximum Gasteiger partial charge on any atom is 0.310 e. The summed E-state index contributed by atoms with van der Waals surface area (Å²) < 4.78 is 5.10. The predicted molar refractivity (Wildman–Crippen MR) is 69.9 cm³/mol. The average molecular weight is 248 g/mol. The van der Waals surface area contributed by atoms with Crippen LogP contribution in [0.1, 0.15) is 43.6 Å². The van der Waals surface area contributed by atoms with Crippen molar-refractivity contribution in [2.75, 3.05) is 7.11 Å². The van der Waals surface area contributed by atoms with Crippen LogP contribution in [-0.2, 0) is 4.79 Å². The molecule has 1 N–H and O–H groups in total. The number of methoxy groups -OCH3 is 1. The third-order valence-electron chi connectivity index (χ3n) is 3.86. The molecule has 1 aliphatic carbocycles. The predicted octanol–water partition coefficient (Wildman–Crippen LogP) is 3.44. The number of carboxylic acid groups (broad SMARTS) is 1. The van der Waals surface area contributed by atoms with Crippen molar-refractivity contribution in [1.82, 2.24) is 0 Å². The Kier molecular flexibility index (Phi) is 4.24. The van der Waals surface area contributed by atoms with Crippen molar-refractivity contribution >= 4 is 5.97 Å². The zero-order valence-corrected chi connectivity index (χ0v) is 10.8. The van der Waals surface area contributed by atoms with Gasteiger partial charge < -0.3 is 9.84 Å². The molecule has 1 aromatic rings. The number of hydrogen-bond acceptors (Lipinski definition) is 2. The number of hydrogen-bond donors (Lipinski definition) is 1. The maximum atomic E-state index is 11.4. The number of aliphatic carboxylic acids is 1. The van der Waals surface area contributed by atoms with E-state index in [1.54, 1.807) is 7.11 Å². The summed E-state index contributed by atoms with van der Waals surface area (Å²) in [7, 11) is 1.61. The van der Waals surface area contributed by atoms with Gasteiger partial charge in [-0.1, -0.05) is 37.8 Å². The first-order valence-electron chi connectivity index (χ1n) is 6.57. The van der Waals surface area contributed by atoms with Crippen molar-refractivity contribution in [3.63, 3.8) is 0 Å². The monoisotopic (exact) mass is 248 g/mol. The third-order valence-corrected chi connectivity index (χ3v) is 3.86. The Morgan fingerprint density at radius 1 is 1.33 bits per heavy atom. The fourth-order valence-electron chi connectivity index (χ4n) is 2.80. The van der Waals surface area contributed by atoms with Crippen LogP contribution in [0.15, 0.2) is 24.3 Å². The molecule has 3 nitrogen and oxygen atoms in total. The highest BCUT2D eigenvalue weighted by Gasteiger charge is 2.26. The molecule has 18 heavy (non-hydrogen) atoms. The topological polar surface area (TPSA) is 46.5 Å². The van der Waals surface area contributed by atoms with Gasteiger partial charge in [0.2, 0.25) is 0 Å². The molecule has 2 rings (SSSR count). The minimum absolute atomic E-state index is 0.376. The maximum absolute atomic E-state index is 11.4. The van der Waals surface area contributed by atoms with Crippen molar-refractivity contribution in [2.45, 2.75) is 38.0 Å². The third kappa shape index (κ3) is 3.03. The van der Waals surface area contributed by atoms with E-state index in [1.165, 1.54) is 25.7 Å². The Bertz CT molecular complexity index is 391. The summed E-state index contributed by atoms with van der Waals surface area (Å²) in [4.78, 5) is 11.4. The number of carboxylic acids is 1. The van der Waals surface area contributed by atoms with Gasteiger partial charge in [-0.05, 0) is 30.0 Å². The molecule has 1 saturated carbocycles. The second-order valence-corrected chi connectivity index (χ2v) is 5.05. The number of benzene rings is 1. The zero-order valence-electron chi connectivity index (χ0n) is 10.8. The summed E-state index contributed by atoms with van der Waals surface area (Å²) in [6.45, 7) is 0. The van der Waals surface area contributed by atoms with E-state index in [9.17, 15) is 9.90 Å². The van der Waals surface area contributed by atoms with E-state index in [2.05, 4.69) is 0 Å². The summed E-state index contributed by atoms with van der Waals surface area (Å²) in [5.41, 5.74) is 0.884. The van der Waals surface area contributed by atoms with E-state index >= 15 is 0 Å². The molecule has 0 bridgehead atoms. The van der Waals surface area contributed by atoms with Crippen molar-refractivity contribution in [1.29, 1.82) is 0 Å². The number of rotatable bonds is 5. The molecule has 0 spiro atoms. The van der Waals surface area contributed by atoms with Crippen LogP contribution in [0.4, 0.5) is 0 Å². The molecule has 0 amide bonds. The van der Waals surface area contributed by atoms with Crippen LogP contribution in [-0.4, -0.2) is 18.2 Å². The van der Waals surface area contributed by atoms with E-state index in [4.69, 9.17) is 4.74 Å². The van der Waals surface area contributed by atoms with Gasteiger partial charge in [-0.3, -0.25) is 4.79 Å². The first-order valence-corrected chi connectivity index (χ1v) is 6.57. The van der Waals surface area contributed by atoms with Crippen molar-refractivity contribution in [3.8, 4) is 5.75 Å². The molecule has 0 aliphatic heterocycles. The Morgan fingerprint density at radius 2 is 1.94 bits per heavy atom. The number of carbonyl (C=O) groups is 1. The van der Waals surface area contributed by atoms with Crippen molar-refractivity contribution in [2.24, 2.45) is 5.92 Å². The van der Waals surface area contributed by atoms with Gasteiger partial charge in [-0.15, -0.1) is 0 Å². The highest BCUT2D eigenvalue weighted by Crippen LogP contribution is 2.34. The molecule has 0 aromatic heterocycles. The minimum Gasteiger partial charge on any atom is -0.497 e. The van der Waals surface area contributed by atoms with Gasteiger partial charge in [-0.2, -0.15) is 0 Å². The first-order chi connectivity index (χ1) is 8.70. The lowest BCUT2D eigenvalue weighted by Crippen LogP contribution is -2.15. The summed E-state index contributed by atoms with van der Waals surface area (Å²) >= 11 is 0. The van der Waals surface area contributed by atoms with E-state index in [1.807, 2.05) is 24.3 Å². The first kappa shape index (κ1) is 12.9.